The lowest BCUT2D eigenvalue weighted by atomic mass is 10.2. The number of nitrogens with one attached hydrogen (secondary N) is 2. The fourth-order valence-corrected chi connectivity index (χ4v) is 5.44. The van der Waals surface area contributed by atoms with Crippen molar-refractivity contribution in [2.45, 2.75) is 49.6 Å². The molecule has 0 radical (unpaired) electrons. The van der Waals surface area contributed by atoms with Crippen molar-refractivity contribution >= 4 is 40.2 Å². The molecule has 0 saturated heterocycles. The van der Waals surface area contributed by atoms with Crippen LogP contribution in [0.5, 0.6) is 0 Å². The maximum Gasteiger partial charge on any atom is 0.321 e. The summed E-state index contributed by atoms with van der Waals surface area (Å²) in [6.45, 7) is 1.13. The van der Waals surface area contributed by atoms with Gasteiger partial charge in [0.05, 0.1) is 18.0 Å². The lowest BCUT2D eigenvalue weighted by molar-refractivity contribution is -0.129. The molecule has 3 amide bonds. The van der Waals surface area contributed by atoms with Crippen LogP contribution in [-0.4, -0.2) is 40.2 Å². The Morgan fingerprint density at radius 2 is 2.00 bits per heavy atom. The number of halogens is 1. The number of aromatic nitrogens is 1. The number of benzene rings is 1. The second-order valence-corrected chi connectivity index (χ2v) is 9.41. The van der Waals surface area contributed by atoms with Crippen molar-refractivity contribution in [3.63, 3.8) is 0 Å². The van der Waals surface area contributed by atoms with Gasteiger partial charge in [0.1, 0.15) is 5.82 Å². The number of nitrogens with zero attached hydrogens (tertiary/aromatic N) is 2. The first-order valence-electron chi connectivity index (χ1n) is 9.79. The quantitative estimate of drug-likeness (QED) is 0.697. The number of anilines is 1. The molecule has 0 bridgehead atoms. The van der Waals surface area contributed by atoms with Crippen molar-refractivity contribution in [3.8, 4) is 0 Å². The highest BCUT2D eigenvalue weighted by Crippen LogP contribution is 2.29. The molecule has 1 aromatic carbocycles. The third-order valence-corrected chi connectivity index (χ3v) is 7.17. The summed E-state index contributed by atoms with van der Waals surface area (Å²) in [5.74, 6) is 0.0805. The second kappa shape index (κ2) is 9.13. The highest BCUT2D eigenvalue weighted by molar-refractivity contribution is 8.00. The molecule has 0 spiro atoms. The van der Waals surface area contributed by atoms with Crippen LogP contribution in [0.25, 0.3) is 0 Å². The molecular formula is C20H23FN4O2S2. The number of thiazole rings is 1. The van der Waals surface area contributed by atoms with Crippen molar-refractivity contribution in [1.82, 2.24) is 15.2 Å². The largest absolute Gasteiger partial charge is 0.336 e. The molecule has 154 valence electrons. The van der Waals surface area contributed by atoms with E-state index in [4.69, 9.17) is 0 Å². The summed E-state index contributed by atoms with van der Waals surface area (Å²) in [6.07, 6.45) is 5.09. The smallest absolute Gasteiger partial charge is 0.321 e. The summed E-state index contributed by atoms with van der Waals surface area (Å²) in [5, 5.41) is 6.42. The first-order valence-corrected chi connectivity index (χ1v) is 11.6. The first kappa shape index (κ1) is 20.2. The van der Waals surface area contributed by atoms with Crippen molar-refractivity contribution < 1.29 is 14.0 Å². The maximum atomic E-state index is 13.0. The molecule has 1 fully saturated rings. The zero-order chi connectivity index (χ0) is 20.2. The predicted molar refractivity (Wildman–Crippen MR) is 113 cm³/mol. The van der Waals surface area contributed by atoms with Crippen LogP contribution in [0.2, 0.25) is 0 Å². The molecule has 1 aliphatic carbocycles. The van der Waals surface area contributed by atoms with Crippen LogP contribution in [0.1, 0.15) is 36.3 Å². The number of hydrogen-bond acceptors (Lipinski definition) is 5. The van der Waals surface area contributed by atoms with Gasteiger partial charge in [0.2, 0.25) is 5.91 Å². The Morgan fingerprint density at radius 3 is 2.76 bits per heavy atom. The number of rotatable bonds is 5. The maximum absolute atomic E-state index is 13.0. The van der Waals surface area contributed by atoms with E-state index in [1.54, 1.807) is 12.1 Å². The number of thioether (sulfide) groups is 1. The van der Waals surface area contributed by atoms with E-state index in [1.807, 2.05) is 4.90 Å². The van der Waals surface area contributed by atoms with Gasteiger partial charge in [-0.05, 0) is 37.1 Å². The zero-order valence-corrected chi connectivity index (χ0v) is 17.6. The molecule has 6 nitrogen and oxygen atoms in total. The molecule has 1 aromatic heterocycles. The van der Waals surface area contributed by atoms with Gasteiger partial charge in [0.15, 0.2) is 5.13 Å². The van der Waals surface area contributed by atoms with E-state index in [-0.39, 0.29) is 23.8 Å². The van der Waals surface area contributed by atoms with Crippen molar-refractivity contribution in [2.75, 3.05) is 17.6 Å². The standard InChI is InChI=1S/C20H23FN4O2S2/c21-13-5-7-15(8-6-13)28-12-18(26)25-10-9-16-17(11-25)29-20(23-16)24-19(27)22-14-3-1-2-4-14/h5-8,14H,1-4,9-12H2,(H2,22,23,24,27). The van der Waals surface area contributed by atoms with Gasteiger partial charge >= 0.3 is 6.03 Å². The van der Waals surface area contributed by atoms with Crippen LogP contribution in [0.4, 0.5) is 14.3 Å². The lowest BCUT2D eigenvalue weighted by Crippen LogP contribution is -2.36. The van der Waals surface area contributed by atoms with E-state index < -0.39 is 0 Å². The summed E-state index contributed by atoms with van der Waals surface area (Å²) < 4.78 is 13.0. The van der Waals surface area contributed by atoms with Gasteiger partial charge in [-0.3, -0.25) is 10.1 Å². The van der Waals surface area contributed by atoms with Gasteiger partial charge in [-0.2, -0.15) is 0 Å². The summed E-state index contributed by atoms with van der Waals surface area (Å²) in [5.41, 5.74) is 0.960. The molecule has 29 heavy (non-hydrogen) atoms. The monoisotopic (exact) mass is 434 g/mol. The average Bonchev–Trinajstić information content (AvgIpc) is 3.35. The molecule has 4 rings (SSSR count). The average molecular weight is 435 g/mol. The van der Waals surface area contributed by atoms with E-state index in [1.165, 1.54) is 48.1 Å². The summed E-state index contributed by atoms with van der Waals surface area (Å²) in [6, 6.07) is 6.21. The van der Waals surface area contributed by atoms with Crippen LogP contribution in [0.3, 0.4) is 0 Å². The molecular weight excluding hydrogens is 411 g/mol. The Morgan fingerprint density at radius 1 is 1.24 bits per heavy atom. The van der Waals surface area contributed by atoms with Crippen molar-refractivity contribution in [1.29, 1.82) is 0 Å². The first-order chi connectivity index (χ1) is 14.1. The van der Waals surface area contributed by atoms with E-state index in [2.05, 4.69) is 15.6 Å². The minimum absolute atomic E-state index is 0.0480. The number of hydrogen-bond donors (Lipinski definition) is 2. The van der Waals surface area contributed by atoms with E-state index in [0.29, 0.717) is 30.4 Å². The number of carbonyl (C=O) groups excluding carboxylic acids is 2. The van der Waals surface area contributed by atoms with E-state index in [9.17, 15) is 14.0 Å². The van der Waals surface area contributed by atoms with E-state index in [0.717, 1.165) is 28.3 Å². The SMILES string of the molecule is O=C(Nc1nc2c(s1)CN(C(=O)CSc1ccc(F)cc1)CC2)NC1CCCC1. The Bertz CT molecular complexity index is 881. The normalized spacial score (nSPS) is 16.5. The molecule has 9 heteroatoms. The fraction of sp³-hybridized carbons (Fsp3) is 0.450. The topological polar surface area (TPSA) is 74.3 Å². The molecule has 2 N–H and O–H groups in total. The van der Waals surface area contributed by atoms with Gasteiger partial charge in [0.25, 0.3) is 0 Å². The Labute approximate surface area is 177 Å². The van der Waals surface area contributed by atoms with Gasteiger partial charge in [-0.15, -0.1) is 11.8 Å². The summed E-state index contributed by atoms with van der Waals surface area (Å²) in [4.78, 5) is 32.9. The Balaban J connectivity index is 1.29. The Kier molecular flexibility index (Phi) is 6.34. The van der Waals surface area contributed by atoms with Crippen LogP contribution >= 0.6 is 23.1 Å². The minimum Gasteiger partial charge on any atom is -0.336 e. The molecule has 1 aliphatic heterocycles. The molecule has 1 saturated carbocycles. The predicted octanol–water partition coefficient (Wildman–Crippen LogP) is 4.02. The Hall–Kier alpha value is -2.13. The molecule has 0 unspecified atom stereocenters. The third kappa shape index (κ3) is 5.27. The van der Waals surface area contributed by atoms with Gasteiger partial charge < -0.3 is 10.2 Å². The third-order valence-electron chi connectivity index (χ3n) is 5.17. The molecule has 2 aromatic rings. The van der Waals surface area contributed by atoms with Crippen molar-refractivity contribution in [2.24, 2.45) is 0 Å². The lowest BCUT2D eigenvalue weighted by Gasteiger charge is -2.26. The highest BCUT2D eigenvalue weighted by Gasteiger charge is 2.25. The summed E-state index contributed by atoms with van der Waals surface area (Å²) >= 11 is 2.84. The van der Waals surface area contributed by atoms with Gasteiger partial charge in [-0.1, -0.05) is 24.2 Å². The highest BCUT2D eigenvalue weighted by atomic mass is 32.2. The van der Waals surface area contributed by atoms with Crippen molar-refractivity contribution in [3.05, 3.63) is 40.7 Å². The van der Waals surface area contributed by atoms with Gasteiger partial charge in [0, 0.05) is 28.8 Å². The fourth-order valence-electron chi connectivity index (χ4n) is 3.62. The van der Waals surface area contributed by atoms with Crippen LogP contribution in [0, 0.1) is 5.82 Å². The zero-order valence-electron chi connectivity index (χ0n) is 15.9. The molecule has 0 atom stereocenters. The minimum atomic E-state index is -0.282. The number of fused-ring (bicyclic) bond motifs is 1. The van der Waals surface area contributed by atoms with E-state index >= 15 is 0 Å². The number of amides is 3. The van der Waals surface area contributed by atoms with Crippen LogP contribution < -0.4 is 10.6 Å². The second-order valence-electron chi connectivity index (χ2n) is 7.28. The molecule has 2 aliphatic rings. The summed E-state index contributed by atoms with van der Waals surface area (Å²) in [7, 11) is 0. The number of carbonyl (C=O) groups is 2. The van der Waals surface area contributed by atoms with Gasteiger partial charge in [-0.25, -0.2) is 14.2 Å². The van der Waals surface area contributed by atoms with Crippen LogP contribution in [-0.2, 0) is 17.8 Å². The van der Waals surface area contributed by atoms with Crippen LogP contribution in [0.15, 0.2) is 29.2 Å². The molecule has 2 heterocycles. The number of urea groups is 1.